The Bertz CT molecular complexity index is 884. The Kier molecular flexibility index (Phi) is 6.35. The van der Waals surface area contributed by atoms with Crippen LogP contribution in [0.2, 0.25) is 0 Å². The first-order chi connectivity index (χ1) is 14.7. The van der Waals surface area contributed by atoms with Gasteiger partial charge in [-0.3, -0.25) is 9.69 Å². The fraction of sp³-hybridized carbons (Fsp3) is 0.440. The van der Waals surface area contributed by atoms with Gasteiger partial charge in [-0.25, -0.2) is 0 Å². The van der Waals surface area contributed by atoms with E-state index < -0.39 is 0 Å². The van der Waals surface area contributed by atoms with Gasteiger partial charge in [-0.15, -0.1) is 0 Å². The summed E-state index contributed by atoms with van der Waals surface area (Å²) in [5.74, 6) is 0.129. The lowest BCUT2D eigenvalue weighted by Crippen LogP contribution is -2.48. The standard InChI is InChI=1S/C25H30N4O/c26-18-21-8-10-23(11-9-21)29-15-5-14-28(16-17-29)19-24(30)27-20-25(12-4-13-25)22-6-2-1-3-7-22/h1-3,6-11H,4-5,12-17,19-20H2,(H,27,30). The van der Waals surface area contributed by atoms with E-state index in [0.29, 0.717) is 12.1 Å². The minimum absolute atomic E-state index is 0.127. The van der Waals surface area contributed by atoms with Crippen LogP contribution in [0.5, 0.6) is 0 Å². The summed E-state index contributed by atoms with van der Waals surface area (Å²) in [6.07, 6.45) is 4.57. The van der Waals surface area contributed by atoms with E-state index in [2.05, 4.69) is 51.5 Å². The minimum Gasteiger partial charge on any atom is -0.370 e. The van der Waals surface area contributed by atoms with Gasteiger partial charge in [-0.05, 0) is 49.1 Å². The monoisotopic (exact) mass is 402 g/mol. The van der Waals surface area contributed by atoms with Gasteiger partial charge in [-0.1, -0.05) is 36.8 Å². The second kappa shape index (κ2) is 9.32. The van der Waals surface area contributed by atoms with Gasteiger partial charge in [-0.2, -0.15) is 5.26 Å². The second-order valence-electron chi connectivity index (χ2n) is 8.55. The molecule has 5 heteroatoms. The Morgan fingerprint density at radius 1 is 0.967 bits per heavy atom. The number of rotatable bonds is 6. The van der Waals surface area contributed by atoms with Gasteiger partial charge >= 0.3 is 0 Å². The van der Waals surface area contributed by atoms with Crippen LogP contribution in [0, 0.1) is 11.3 Å². The van der Waals surface area contributed by atoms with Crippen molar-refractivity contribution < 1.29 is 4.79 Å². The second-order valence-corrected chi connectivity index (χ2v) is 8.55. The van der Waals surface area contributed by atoms with Gasteiger partial charge in [0.1, 0.15) is 0 Å². The van der Waals surface area contributed by atoms with Crippen LogP contribution < -0.4 is 10.2 Å². The molecule has 0 spiro atoms. The van der Waals surface area contributed by atoms with Crippen molar-refractivity contribution in [1.82, 2.24) is 10.2 Å². The van der Waals surface area contributed by atoms with Crippen LogP contribution in [0.25, 0.3) is 0 Å². The molecule has 1 heterocycles. The Hall–Kier alpha value is -2.84. The number of hydrogen-bond acceptors (Lipinski definition) is 4. The zero-order valence-electron chi connectivity index (χ0n) is 17.5. The normalized spacial score (nSPS) is 18.7. The number of carbonyl (C=O) groups excluding carboxylic acids is 1. The molecule has 0 bridgehead atoms. The molecule has 2 aromatic rings. The van der Waals surface area contributed by atoms with E-state index in [1.54, 1.807) is 0 Å². The molecule has 1 aliphatic carbocycles. The molecule has 0 unspecified atom stereocenters. The van der Waals surface area contributed by atoms with Crippen LogP contribution in [0.4, 0.5) is 5.69 Å². The predicted molar refractivity (Wildman–Crippen MR) is 119 cm³/mol. The lowest BCUT2D eigenvalue weighted by molar-refractivity contribution is -0.122. The Labute approximate surface area is 179 Å². The maximum atomic E-state index is 12.7. The molecular weight excluding hydrogens is 372 g/mol. The van der Waals surface area contributed by atoms with Crippen LogP contribution >= 0.6 is 0 Å². The molecule has 5 nitrogen and oxygen atoms in total. The summed E-state index contributed by atoms with van der Waals surface area (Å²) in [7, 11) is 0. The molecule has 0 radical (unpaired) electrons. The van der Waals surface area contributed by atoms with E-state index in [9.17, 15) is 4.79 Å². The van der Waals surface area contributed by atoms with Crippen molar-refractivity contribution in [2.24, 2.45) is 0 Å². The van der Waals surface area contributed by atoms with E-state index >= 15 is 0 Å². The number of amides is 1. The van der Waals surface area contributed by atoms with Crippen molar-refractivity contribution >= 4 is 11.6 Å². The molecule has 30 heavy (non-hydrogen) atoms. The molecule has 1 N–H and O–H groups in total. The van der Waals surface area contributed by atoms with Crippen LogP contribution in [0.15, 0.2) is 54.6 Å². The highest BCUT2D eigenvalue weighted by molar-refractivity contribution is 5.78. The van der Waals surface area contributed by atoms with E-state index in [0.717, 1.165) is 57.7 Å². The van der Waals surface area contributed by atoms with Gasteiger partial charge in [0.05, 0.1) is 18.2 Å². The molecular formula is C25H30N4O. The Balaban J connectivity index is 1.27. The zero-order chi connectivity index (χ0) is 20.8. The van der Waals surface area contributed by atoms with E-state index in [1.807, 2.05) is 24.3 Å². The molecule has 0 atom stereocenters. The van der Waals surface area contributed by atoms with E-state index in [-0.39, 0.29) is 11.3 Å². The predicted octanol–water partition coefficient (Wildman–Crippen LogP) is 3.31. The first-order valence-electron chi connectivity index (χ1n) is 11.0. The summed E-state index contributed by atoms with van der Waals surface area (Å²) in [5.41, 5.74) is 3.31. The highest BCUT2D eigenvalue weighted by Crippen LogP contribution is 2.43. The molecule has 1 aliphatic heterocycles. The first kappa shape index (κ1) is 20.4. The molecule has 156 valence electrons. The lowest BCUT2D eigenvalue weighted by Gasteiger charge is -2.42. The summed E-state index contributed by atoms with van der Waals surface area (Å²) in [6, 6.07) is 20.6. The van der Waals surface area contributed by atoms with Gasteiger partial charge in [0.15, 0.2) is 0 Å². The number of benzene rings is 2. The molecule has 1 saturated carbocycles. The van der Waals surface area contributed by atoms with Gasteiger partial charge in [0.2, 0.25) is 5.91 Å². The van der Waals surface area contributed by atoms with Gasteiger partial charge < -0.3 is 10.2 Å². The number of nitriles is 1. The van der Waals surface area contributed by atoms with E-state index in [4.69, 9.17) is 5.26 Å². The van der Waals surface area contributed by atoms with Crippen LogP contribution in [-0.4, -0.2) is 50.1 Å². The summed E-state index contributed by atoms with van der Waals surface area (Å²) < 4.78 is 0. The first-order valence-corrected chi connectivity index (χ1v) is 11.0. The molecule has 0 aromatic heterocycles. The average Bonchev–Trinajstić information content (AvgIpc) is 2.99. The topological polar surface area (TPSA) is 59.4 Å². The molecule has 1 amide bonds. The molecule has 4 rings (SSSR count). The third-order valence-electron chi connectivity index (χ3n) is 6.64. The SMILES string of the molecule is N#Cc1ccc(N2CCCN(CC(=O)NCC3(c4ccccc4)CCC3)CC2)cc1. The number of carbonyl (C=O) groups is 1. The number of anilines is 1. The summed E-state index contributed by atoms with van der Waals surface area (Å²) >= 11 is 0. The molecule has 2 aliphatic rings. The number of nitrogens with zero attached hydrogens (tertiary/aromatic N) is 3. The highest BCUT2D eigenvalue weighted by atomic mass is 16.2. The van der Waals surface area contributed by atoms with Crippen molar-refractivity contribution in [3.05, 3.63) is 65.7 Å². The summed E-state index contributed by atoms with van der Waals surface area (Å²) in [4.78, 5) is 17.3. The van der Waals surface area contributed by atoms with Crippen molar-refractivity contribution in [3.63, 3.8) is 0 Å². The largest absolute Gasteiger partial charge is 0.370 e. The van der Waals surface area contributed by atoms with Crippen LogP contribution in [-0.2, 0) is 10.2 Å². The smallest absolute Gasteiger partial charge is 0.234 e. The summed E-state index contributed by atoms with van der Waals surface area (Å²) in [6.45, 7) is 4.88. The third-order valence-corrected chi connectivity index (χ3v) is 6.64. The van der Waals surface area contributed by atoms with Crippen molar-refractivity contribution in [3.8, 4) is 6.07 Å². The number of hydrogen-bond donors (Lipinski definition) is 1. The molecule has 2 aromatic carbocycles. The van der Waals surface area contributed by atoms with Gasteiger partial charge in [0, 0.05) is 43.8 Å². The zero-order valence-corrected chi connectivity index (χ0v) is 17.5. The highest BCUT2D eigenvalue weighted by Gasteiger charge is 2.38. The van der Waals surface area contributed by atoms with Crippen molar-refractivity contribution in [2.75, 3.05) is 44.2 Å². The van der Waals surface area contributed by atoms with Crippen molar-refractivity contribution in [2.45, 2.75) is 31.1 Å². The Morgan fingerprint density at radius 2 is 1.73 bits per heavy atom. The van der Waals surface area contributed by atoms with Crippen molar-refractivity contribution in [1.29, 1.82) is 5.26 Å². The van der Waals surface area contributed by atoms with Crippen LogP contribution in [0.3, 0.4) is 0 Å². The minimum atomic E-state index is 0.127. The quantitative estimate of drug-likeness (QED) is 0.805. The molecule has 2 fully saturated rings. The average molecular weight is 403 g/mol. The van der Waals surface area contributed by atoms with Gasteiger partial charge in [0.25, 0.3) is 0 Å². The number of nitrogens with one attached hydrogen (secondary N) is 1. The Morgan fingerprint density at radius 3 is 2.40 bits per heavy atom. The maximum Gasteiger partial charge on any atom is 0.234 e. The maximum absolute atomic E-state index is 12.7. The summed E-state index contributed by atoms with van der Waals surface area (Å²) in [5, 5.41) is 12.2. The lowest BCUT2D eigenvalue weighted by atomic mass is 9.64. The van der Waals surface area contributed by atoms with Crippen LogP contribution in [0.1, 0.15) is 36.8 Å². The fourth-order valence-electron chi connectivity index (χ4n) is 4.62. The third kappa shape index (κ3) is 4.66. The van der Waals surface area contributed by atoms with E-state index in [1.165, 1.54) is 12.0 Å². The fourth-order valence-corrected chi connectivity index (χ4v) is 4.62. The molecule has 1 saturated heterocycles.